The van der Waals surface area contributed by atoms with E-state index in [0.29, 0.717) is 23.9 Å². The second kappa shape index (κ2) is 7.65. The fourth-order valence-corrected chi connectivity index (χ4v) is 4.60. The van der Waals surface area contributed by atoms with Gasteiger partial charge in [-0.1, -0.05) is 38.1 Å². The first-order valence-corrected chi connectivity index (χ1v) is 10.6. The number of nitrogens with zero attached hydrogens (tertiary/aromatic N) is 3. The lowest BCUT2D eigenvalue weighted by atomic mass is 9.92. The summed E-state index contributed by atoms with van der Waals surface area (Å²) in [6.07, 6.45) is 4.45. The van der Waals surface area contributed by atoms with Gasteiger partial charge in [-0.25, -0.2) is 0 Å². The summed E-state index contributed by atoms with van der Waals surface area (Å²) in [6.45, 7) is 5.78. The van der Waals surface area contributed by atoms with Crippen LogP contribution in [0.15, 0.2) is 30.5 Å². The first-order valence-electron chi connectivity index (χ1n) is 10.6. The average Bonchev–Trinajstić information content (AvgIpc) is 3.41. The van der Waals surface area contributed by atoms with E-state index in [1.54, 1.807) is 17.9 Å². The summed E-state index contributed by atoms with van der Waals surface area (Å²) in [5.41, 5.74) is 9.33. The standard InChI is InChI=1S/C23H30N4O2/c1-14(2)15-6-8-16(9-7-15)18-11-19(18)23(29)27-10-4-5-17(12-27)21-20(22(24)28)13-26(3)25-21/h6-9,13-14,17-19H,4-5,10-12H2,1-3H3,(H2,24,28)/t17-,18-,19+/m0/s1. The van der Waals surface area contributed by atoms with Crippen LogP contribution in [0, 0.1) is 5.92 Å². The minimum atomic E-state index is -0.455. The third-order valence-electron chi connectivity index (χ3n) is 6.38. The number of primary amides is 1. The fourth-order valence-electron chi connectivity index (χ4n) is 4.60. The van der Waals surface area contributed by atoms with Crippen LogP contribution >= 0.6 is 0 Å². The summed E-state index contributed by atoms with van der Waals surface area (Å²) < 4.78 is 1.63. The lowest BCUT2D eigenvalue weighted by Gasteiger charge is -2.32. The van der Waals surface area contributed by atoms with Gasteiger partial charge in [0.25, 0.3) is 5.91 Å². The van der Waals surface area contributed by atoms with E-state index in [4.69, 9.17) is 5.73 Å². The highest BCUT2D eigenvalue weighted by Gasteiger charge is 2.46. The molecule has 1 saturated carbocycles. The molecule has 0 bridgehead atoms. The van der Waals surface area contributed by atoms with E-state index >= 15 is 0 Å². The molecule has 1 aromatic heterocycles. The summed E-state index contributed by atoms with van der Waals surface area (Å²) in [5.74, 6) is 0.785. The van der Waals surface area contributed by atoms with Crippen LogP contribution in [-0.4, -0.2) is 39.6 Å². The van der Waals surface area contributed by atoms with Crippen LogP contribution in [0.3, 0.4) is 0 Å². The Labute approximate surface area is 172 Å². The second-order valence-corrected chi connectivity index (χ2v) is 8.86. The van der Waals surface area contributed by atoms with Gasteiger partial charge in [-0.3, -0.25) is 14.3 Å². The van der Waals surface area contributed by atoms with Gasteiger partial charge in [0.05, 0.1) is 11.3 Å². The number of aromatic nitrogens is 2. The highest BCUT2D eigenvalue weighted by molar-refractivity contribution is 5.94. The quantitative estimate of drug-likeness (QED) is 0.846. The number of hydrogen-bond donors (Lipinski definition) is 1. The monoisotopic (exact) mass is 394 g/mol. The molecule has 2 fully saturated rings. The maximum Gasteiger partial charge on any atom is 0.252 e. The third kappa shape index (κ3) is 3.93. The largest absolute Gasteiger partial charge is 0.365 e. The molecule has 6 nitrogen and oxygen atoms in total. The van der Waals surface area contributed by atoms with Gasteiger partial charge >= 0.3 is 0 Å². The highest BCUT2D eigenvalue weighted by atomic mass is 16.2. The van der Waals surface area contributed by atoms with E-state index in [2.05, 4.69) is 43.2 Å². The maximum absolute atomic E-state index is 13.1. The minimum Gasteiger partial charge on any atom is -0.365 e. The maximum atomic E-state index is 13.1. The molecule has 1 aromatic carbocycles. The molecular weight excluding hydrogens is 364 g/mol. The van der Waals surface area contributed by atoms with Crippen LogP contribution in [-0.2, 0) is 11.8 Å². The Balaban J connectivity index is 1.43. The normalized spacial score (nSPS) is 24.0. The lowest BCUT2D eigenvalue weighted by molar-refractivity contribution is -0.133. The molecule has 29 heavy (non-hydrogen) atoms. The van der Waals surface area contributed by atoms with Crippen LogP contribution in [0.2, 0.25) is 0 Å². The van der Waals surface area contributed by atoms with Gasteiger partial charge < -0.3 is 10.6 Å². The Hall–Kier alpha value is -2.63. The number of rotatable bonds is 5. The summed E-state index contributed by atoms with van der Waals surface area (Å²) in [4.78, 5) is 26.9. The molecule has 2 aromatic rings. The number of benzene rings is 1. The van der Waals surface area contributed by atoms with Gasteiger partial charge in [-0.2, -0.15) is 5.10 Å². The molecular formula is C23H30N4O2. The highest BCUT2D eigenvalue weighted by Crippen LogP contribution is 2.49. The number of piperidine rings is 1. The zero-order valence-corrected chi connectivity index (χ0v) is 17.5. The number of carbonyl (C=O) groups excluding carboxylic acids is 2. The molecule has 1 aliphatic carbocycles. The van der Waals surface area contributed by atoms with Crippen LogP contribution in [0.5, 0.6) is 0 Å². The fraction of sp³-hybridized carbons (Fsp3) is 0.522. The number of carbonyl (C=O) groups is 2. The molecule has 2 heterocycles. The average molecular weight is 395 g/mol. The Morgan fingerprint density at radius 2 is 1.93 bits per heavy atom. The van der Waals surface area contributed by atoms with Crippen molar-refractivity contribution in [3.63, 3.8) is 0 Å². The molecule has 2 aliphatic rings. The van der Waals surface area contributed by atoms with E-state index in [1.165, 1.54) is 11.1 Å². The number of aryl methyl sites for hydroxylation is 1. The van der Waals surface area contributed by atoms with Crippen LogP contribution < -0.4 is 5.73 Å². The van der Waals surface area contributed by atoms with Gasteiger partial charge in [-0.05, 0) is 42.2 Å². The van der Waals surface area contributed by atoms with Crippen molar-refractivity contribution in [1.29, 1.82) is 0 Å². The number of amides is 2. The number of nitrogens with two attached hydrogens (primary N) is 1. The van der Waals surface area contributed by atoms with Crippen molar-refractivity contribution < 1.29 is 9.59 Å². The molecule has 0 spiro atoms. The van der Waals surface area contributed by atoms with Crippen LogP contribution in [0.1, 0.15) is 78.0 Å². The predicted molar refractivity (Wildman–Crippen MR) is 112 cm³/mol. The van der Waals surface area contributed by atoms with Crippen LogP contribution in [0.4, 0.5) is 0 Å². The van der Waals surface area contributed by atoms with Crippen molar-refractivity contribution in [2.24, 2.45) is 18.7 Å². The molecule has 1 saturated heterocycles. The Kier molecular flexibility index (Phi) is 5.19. The molecule has 3 atom stereocenters. The van der Waals surface area contributed by atoms with Gasteiger partial charge in [0.2, 0.25) is 5.91 Å². The molecule has 6 heteroatoms. The van der Waals surface area contributed by atoms with Crippen molar-refractivity contribution >= 4 is 11.8 Å². The first-order chi connectivity index (χ1) is 13.8. The predicted octanol–water partition coefficient (Wildman–Crippen LogP) is 3.15. The van der Waals surface area contributed by atoms with Crippen molar-refractivity contribution in [2.45, 2.75) is 50.9 Å². The van der Waals surface area contributed by atoms with Crippen molar-refractivity contribution in [2.75, 3.05) is 13.1 Å². The van der Waals surface area contributed by atoms with E-state index in [1.807, 2.05) is 4.90 Å². The first kappa shape index (κ1) is 19.7. The molecule has 2 amide bonds. The van der Waals surface area contributed by atoms with Gasteiger partial charge in [-0.15, -0.1) is 0 Å². The van der Waals surface area contributed by atoms with Crippen LogP contribution in [0.25, 0.3) is 0 Å². The molecule has 1 aliphatic heterocycles. The van der Waals surface area contributed by atoms with Crippen molar-refractivity contribution in [3.8, 4) is 0 Å². The Morgan fingerprint density at radius 1 is 1.21 bits per heavy atom. The Morgan fingerprint density at radius 3 is 2.59 bits per heavy atom. The summed E-state index contributed by atoms with van der Waals surface area (Å²) in [6, 6.07) is 8.73. The Bertz CT molecular complexity index is 915. The van der Waals surface area contributed by atoms with E-state index in [0.717, 1.165) is 31.5 Å². The zero-order valence-electron chi connectivity index (χ0n) is 17.5. The number of hydrogen-bond acceptors (Lipinski definition) is 3. The molecule has 154 valence electrons. The molecule has 4 rings (SSSR count). The summed E-state index contributed by atoms with van der Waals surface area (Å²) >= 11 is 0. The molecule has 0 unspecified atom stereocenters. The SMILES string of the molecule is CC(C)c1ccc([C@@H]2C[C@H]2C(=O)N2CCC[C@H](c3nn(C)cc3C(N)=O)C2)cc1. The van der Waals surface area contributed by atoms with E-state index < -0.39 is 5.91 Å². The molecule has 2 N–H and O–H groups in total. The lowest BCUT2D eigenvalue weighted by Crippen LogP contribution is -2.40. The summed E-state index contributed by atoms with van der Waals surface area (Å²) in [7, 11) is 1.79. The van der Waals surface area contributed by atoms with Gasteiger partial charge in [0, 0.05) is 38.2 Å². The van der Waals surface area contributed by atoms with Gasteiger partial charge in [0.15, 0.2) is 0 Å². The second-order valence-electron chi connectivity index (χ2n) is 8.86. The third-order valence-corrected chi connectivity index (χ3v) is 6.38. The summed E-state index contributed by atoms with van der Waals surface area (Å²) in [5, 5.41) is 4.47. The van der Waals surface area contributed by atoms with Crippen molar-refractivity contribution in [1.82, 2.24) is 14.7 Å². The minimum absolute atomic E-state index is 0.0684. The molecule has 0 radical (unpaired) electrons. The van der Waals surface area contributed by atoms with Crippen molar-refractivity contribution in [3.05, 3.63) is 52.8 Å². The zero-order chi connectivity index (χ0) is 20.7. The smallest absolute Gasteiger partial charge is 0.252 e. The topological polar surface area (TPSA) is 81.2 Å². The van der Waals surface area contributed by atoms with E-state index in [9.17, 15) is 9.59 Å². The number of likely N-dealkylation sites (tertiary alicyclic amines) is 1. The van der Waals surface area contributed by atoms with E-state index in [-0.39, 0.29) is 17.7 Å². The van der Waals surface area contributed by atoms with Gasteiger partial charge in [0.1, 0.15) is 0 Å².